The zero-order valence-corrected chi connectivity index (χ0v) is 12.0. The SMILES string of the molecule is O=C(NC1CCCCCC1C(=O)O)c1ccc(Cl)s1. The highest BCUT2D eigenvalue weighted by Crippen LogP contribution is 2.25. The molecule has 0 saturated heterocycles. The Balaban J connectivity index is 2.06. The van der Waals surface area contributed by atoms with Crippen LogP contribution in [-0.2, 0) is 4.79 Å². The number of carbonyl (C=O) groups is 2. The molecular weight excluding hydrogens is 286 g/mol. The summed E-state index contributed by atoms with van der Waals surface area (Å²) in [4.78, 5) is 23.9. The van der Waals surface area contributed by atoms with Gasteiger partial charge in [0.05, 0.1) is 15.1 Å². The molecule has 0 spiro atoms. The molecule has 19 heavy (non-hydrogen) atoms. The van der Waals surface area contributed by atoms with Crippen molar-refractivity contribution in [1.29, 1.82) is 0 Å². The molecule has 1 heterocycles. The molecule has 0 aliphatic heterocycles. The Morgan fingerprint density at radius 2 is 2.00 bits per heavy atom. The van der Waals surface area contributed by atoms with E-state index in [0.717, 1.165) is 25.7 Å². The third-order valence-corrected chi connectivity index (χ3v) is 4.68. The van der Waals surface area contributed by atoms with Crippen molar-refractivity contribution in [2.75, 3.05) is 0 Å². The van der Waals surface area contributed by atoms with Gasteiger partial charge in [-0.1, -0.05) is 30.9 Å². The first-order valence-electron chi connectivity index (χ1n) is 6.37. The molecule has 2 unspecified atom stereocenters. The molecular formula is C13H16ClNO3S. The van der Waals surface area contributed by atoms with Crippen molar-refractivity contribution in [1.82, 2.24) is 5.32 Å². The lowest BCUT2D eigenvalue weighted by molar-refractivity contribution is -0.142. The Labute approximate surface area is 120 Å². The Morgan fingerprint density at radius 1 is 1.26 bits per heavy atom. The van der Waals surface area contributed by atoms with Crippen molar-refractivity contribution >= 4 is 34.8 Å². The molecule has 0 radical (unpaired) electrons. The van der Waals surface area contributed by atoms with Gasteiger partial charge in [-0.2, -0.15) is 0 Å². The number of aliphatic carboxylic acids is 1. The summed E-state index contributed by atoms with van der Waals surface area (Å²) in [6.45, 7) is 0. The predicted octanol–water partition coefficient (Wildman–Crippen LogP) is 3.16. The fourth-order valence-corrected chi connectivity index (χ4v) is 3.40. The minimum absolute atomic E-state index is 0.227. The number of rotatable bonds is 3. The molecule has 104 valence electrons. The van der Waals surface area contributed by atoms with Gasteiger partial charge in [0.25, 0.3) is 5.91 Å². The lowest BCUT2D eigenvalue weighted by Crippen LogP contribution is -2.42. The Bertz CT molecular complexity index is 474. The van der Waals surface area contributed by atoms with Gasteiger partial charge in [0.1, 0.15) is 0 Å². The minimum Gasteiger partial charge on any atom is -0.481 e. The standard InChI is InChI=1S/C13H16ClNO3S/c14-11-7-6-10(19-11)12(16)15-9-5-3-1-2-4-8(9)13(17)18/h6-9H,1-5H2,(H,15,16)(H,17,18). The summed E-state index contributed by atoms with van der Waals surface area (Å²) in [7, 11) is 0. The molecule has 6 heteroatoms. The van der Waals surface area contributed by atoms with Crippen LogP contribution in [0.4, 0.5) is 0 Å². The summed E-state index contributed by atoms with van der Waals surface area (Å²) in [5.41, 5.74) is 0. The number of halogens is 1. The van der Waals surface area contributed by atoms with E-state index in [4.69, 9.17) is 11.6 Å². The number of hydrogen-bond acceptors (Lipinski definition) is 3. The van der Waals surface area contributed by atoms with Gasteiger partial charge in [-0.05, 0) is 25.0 Å². The maximum atomic E-state index is 12.1. The van der Waals surface area contributed by atoms with Gasteiger partial charge in [-0.15, -0.1) is 11.3 Å². The molecule has 1 saturated carbocycles. The third kappa shape index (κ3) is 3.70. The molecule has 4 nitrogen and oxygen atoms in total. The van der Waals surface area contributed by atoms with Gasteiger partial charge in [0.2, 0.25) is 0 Å². The fraction of sp³-hybridized carbons (Fsp3) is 0.538. The van der Waals surface area contributed by atoms with Gasteiger partial charge in [0, 0.05) is 6.04 Å². The maximum Gasteiger partial charge on any atom is 0.308 e. The third-order valence-electron chi connectivity index (χ3n) is 3.45. The molecule has 0 aromatic carbocycles. The number of carbonyl (C=O) groups excluding carboxylic acids is 1. The zero-order valence-electron chi connectivity index (χ0n) is 10.4. The smallest absolute Gasteiger partial charge is 0.308 e. The Hall–Kier alpha value is -1.07. The molecule has 0 bridgehead atoms. The monoisotopic (exact) mass is 301 g/mol. The van der Waals surface area contributed by atoms with Crippen LogP contribution < -0.4 is 5.32 Å². The van der Waals surface area contributed by atoms with Crippen LogP contribution in [0.2, 0.25) is 4.34 Å². The second kappa shape index (κ2) is 6.39. The highest BCUT2D eigenvalue weighted by molar-refractivity contribution is 7.17. The van der Waals surface area contributed by atoms with Gasteiger partial charge in [-0.25, -0.2) is 0 Å². The van der Waals surface area contributed by atoms with Gasteiger partial charge in [-0.3, -0.25) is 9.59 Å². The second-order valence-corrected chi connectivity index (χ2v) is 6.48. The number of hydrogen-bond donors (Lipinski definition) is 2. The fourth-order valence-electron chi connectivity index (χ4n) is 2.45. The van der Waals surface area contributed by atoms with Crippen LogP contribution >= 0.6 is 22.9 Å². The van der Waals surface area contributed by atoms with Crippen LogP contribution in [0.25, 0.3) is 0 Å². The summed E-state index contributed by atoms with van der Waals surface area (Å²) < 4.78 is 0.556. The molecule has 1 aliphatic carbocycles. The van der Waals surface area contributed by atoms with E-state index in [1.54, 1.807) is 12.1 Å². The lowest BCUT2D eigenvalue weighted by atomic mass is 9.95. The van der Waals surface area contributed by atoms with Crippen LogP contribution in [0.1, 0.15) is 41.8 Å². The van der Waals surface area contributed by atoms with Crippen LogP contribution in [0.3, 0.4) is 0 Å². The molecule has 2 rings (SSSR count). The normalized spacial score (nSPS) is 23.6. The lowest BCUT2D eigenvalue weighted by Gasteiger charge is -2.22. The van der Waals surface area contributed by atoms with E-state index < -0.39 is 11.9 Å². The average molecular weight is 302 g/mol. The van der Waals surface area contributed by atoms with Crippen molar-refractivity contribution in [3.8, 4) is 0 Å². The van der Waals surface area contributed by atoms with E-state index in [2.05, 4.69) is 5.32 Å². The van der Waals surface area contributed by atoms with E-state index in [1.165, 1.54) is 11.3 Å². The molecule has 2 N–H and O–H groups in total. The van der Waals surface area contributed by atoms with Gasteiger partial charge >= 0.3 is 5.97 Å². The van der Waals surface area contributed by atoms with Crippen molar-refractivity contribution < 1.29 is 14.7 Å². The summed E-state index contributed by atoms with van der Waals surface area (Å²) in [5, 5.41) is 12.1. The molecule has 1 fully saturated rings. The van der Waals surface area contributed by atoms with Gasteiger partial charge in [0.15, 0.2) is 0 Å². The minimum atomic E-state index is -0.823. The first kappa shape index (κ1) is 14.3. The van der Waals surface area contributed by atoms with Crippen LogP contribution in [0.15, 0.2) is 12.1 Å². The molecule has 1 aromatic heterocycles. The molecule has 1 amide bonds. The molecule has 1 aromatic rings. The maximum absolute atomic E-state index is 12.1. The Kier molecular flexibility index (Phi) is 4.82. The van der Waals surface area contributed by atoms with Crippen LogP contribution in [0.5, 0.6) is 0 Å². The highest BCUT2D eigenvalue weighted by atomic mass is 35.5. The van der Waals surface area contributed by atoms with Crippen LogP contribution in [0, 0.1) is 5.92 Å². The first-order chi connectivity index (χ1) is 9.08. The summed E-state index contributed by atoms with van der Waals surface area (Å²) in [5.74, 6) is -1.53. The van der Waals surface area contributed by atoms with Crippen molar-refractivity contribution in [3.63, 3.8) is 0 Å². The second-order valence-electron chi connectivity index (χ2n) is 4.77. The van der Waals surface area contributed by atoms with Crippen LogP contribution in [-0.4, -0.2) is 23.0 Å². The summed E-state index contributed by atoms with van der Waals surface area (Å²) >= 11 is 7.00. The van der Waals surface area contributed by atoms with E-state index in [9.17, 15) is 14.7 Å². The topological polar surface area (TPSA) is 66.4 Å². The predicted molar refractivity (Wildman–Crippen MR) is 74.8 cm³/mol. The Morgan fingerprint density at radius 3 is 2.63 bits per heavy atom. The average Bonchev–Trinajstić information content (AvgIpc) is 2.65. The van der Waals surface area contributed by atoms with Crippen molar-refractivity contribution in [2.24, 2.45) is 5.92 Å². The molecule has 2 atom stereocenters. The number of carboxylic acids is 1. The van der Waals surface area contributed by atoms with E-state index in [1.807, 2.05) is 0 Å². The van der Waals surface area contributed by atoms with E-state index in [-0.39, 0.29) is 11.9 Å². The zero-order chi connectivity index (χ0) is 13.8. The summed E-state index contributed by atoms with van der Waals surface area (Å²) in [6.07, 6.45) is 4.25. The highest BCUT2D eigenvalue weighted by Gasteiger charge is 2.30. The summed E-state index contributed by atoms with van der Waals surface area (Å²) in [6, 6.07) is 3.05. The quantitative estimate of drug-likeness (QED) is 0.843. The number of amides is 1. The number of thiophene rings is 1. The first-order valence-corrected chi connectivity index (χ1v) is 7.56. The van der Waals surface area contributed by atoms with E-state index >= 15 is 0 Å². The van der Waals surface area contributed by atoms with E-state index in [0.29, 0.717) is 15.6 Å². The van der Waals surface area contributed by atoms with Crippen molar-refractivity contribution in [3.05, 3.63) is 21.3 Å². The van der Waals surface area contributed by atoms with Crippen molar-refractivity contribution in [2.45, 2.75) is 38.1 Å². The number of carboxylic acid groups (broad SMARTS) is 1. The number of nitrogens with one attached hydrogen (secondary N) is 1. The van der Waals surface area contributed by atoms with Gasteiger partial charge < -0.3 is 10.4 Å². The largest absolute Gasteiger partial charge is 0.481 e. The molecule has 1 aliphatic rings.